The molecule has 3 N–H and O–H groups in total. The van der Waals surface area contributed by atoms with Crippen molar-refractivity contribution in [2.45, 2.75) is 10.1 Å². The summed E-state index contributed by atoms with van der Waals surface area (Å²) in [5.74, 6) is 5.80. The number of rotatable bonds is 3. The Kier molecular flexibility index (Phi) is 3.65. The number of nitrogens with one attached hydrogen (secondary N) is 1. The highest BCUT2D eigenvalue weighted by Gasteiger charge is 2.10. The Morgan fingerprint density at radius 2 is 2.16 bits per heavy atom. The normalized spacial score (nSPS) is 10.8. The fourth-order valence-corrected chi connectivity index (χ4v) is 3.40. The molecule has 96 valence electrons. The molecule has 19 heavy (non-hydrogen) atoms. The van der Waals surface area contributed by atoms with Crippen LogP contribution in [0.4, 0.5) is 5.95 Å². The summed E-state index contributed by atoms with van der Waals surface area (Å²) in [6.07, 6.45) is 1.76. The van der Waals surface area contributed by atoms with Crippen molar-refractivity contribution in [3.8, 4) is 0 Å². The first-order chi connectivity index (χ1) is 9.26. The lowest BCUT2D eigenvalue weighted by Crippen LogP contribution is -2.10. The number of nitrogens with two attached hydrogens (primary N) is 1. The maximum atomic E-state index is 5.39. The molecule has 0 saturated heterocycles. The molecule has 3 heterocycles. The zero-order valence-corrected chi connectivity index (χ0v) is 12.7. The average molecular weight is 354 g/mol. The molecule has 0 aromatic carbocycles. The summed E-state index contributed by atoms with van der Waals surface area (Å²) in [5, 5.41) is 4.71. The van der Waals surface area contributed by atoms with Crippen LogP contribution in [0.5, 0.6) is 0 Å². The zero-order valence-electron chi connectivity index (χ0n) is 9.50. The van der Waals surface area contributed by atoms with Gasteiger partial charge in [-0.05, 0) is 51.3 Å². The van der Waals surface area contributed by atoms with E-state index in [9.17, 15) is 0 Å². The van der Waals surface area contributed by atoms with Gasteiger partial charge in [-0.15, -0.1) is 11.3 Å². The van der Waals surface area contributed by atoms with Gasteiger partial charge in [0.05, 0.1) is 0 Å². The van der Waals surface area contributed by atoms with E-state index in [4.69, 9.17) is 5.84 Å². The van der Waals surface area contributed by atoms with Crippen LogP contribution < -0.4 is 11.3 Å². The lowest BCUT2D eigenvalue weighted by atomic mass is 10.4. The summed E-state index contributed by atoms with van der Waals surface area (Å²) in [6.45, 7) is 0. The highest BCUT2D eigenvalue weighted by Crippen LogP contribution is 2.33. The minimum absolute atomic E-state index is 0.412. The van der Waals surface area contributed by atoms with E-state index in [1.807, 2.05) is 23.6 Å². The molecule has 0 saturated carbocycles. The molecule has 0 atom stereocenters. The Morgan fingerprint density at radius 3 is 2.89 bits per heavy atom. The minimum atomic E-state index is 0.412. The van der Waals surface area contributed by atoms with Crippen molar-refractivity contribution >= 4 is 55.2 Å². The van der Waals surface area contributed by atoms with Crippen molar-refractivity contribution in [2.75, 3.05) is 5.43 Å². The number of aromatic nitrogens is 3. The first-order valence-corrected chi connectivity index (χ1v) is 7.76. The Labute approximate surface area is 125 Å². The topological polar surface area (TPSA) is 76.7 Å². The lowest BCUT2D eigenvalue weighted by Gasteiger charge is -2.04. The van der Waals surface area contributed by atoms with Crippen molar-refractivity contribution in [3.63, 3.8) is 0 Å². The molecule has 0 amide bonds. The fraction of sp³-hybridized carbons (Fsp3) is 0. The largest absolute Gasteiger partial charge is 0.292 e. The minimum Gasteiger partial charge on any atom is -0.292 e. The number of anilines is 1. The molecule has 5 nitrogen and oxygen atoms in total. The van der Waals surface area contributed by atoms with Crippen LogP contribution in [-0.2, 0) is 0 Å². The Bertz CT molecular complexity index is 713. The second kappa shape index (κ2) is 5.41. The third-order valence-electron chi connectivity index (χ3n) is 2.32. The third kappa shape index (κ3) is 2.71. The van der Waals surface area contributed by atoms with E-state index < -0.39 is 0 Å². The predicted molar refractivity (Wildman–Crippen MR) is 81.3 cm³/mol. The number of nitrogen functional groups attached to an aromatic ring is 1. The number of fused-ring (bicyclic) bond motifs is 1. The molecule has 0 radical (unpaired) electrons. The number of pyridine rings is 1. The van der Waals surface area contributed by atoms with Gasteiger partial charge in [-0.3, -0.25) is 5.43 Å². The molecular formula is C11H8BrN5S2. The molecule has 3 aromatic heterocycles. The SMILES string of the molecule is NNc1nc(Sc2ccc(Br)cn2)c2ccsc2n1. The Balaban J connectivity index is 2.03. The number of nitrogens with zero attached hydrogens (tertiary/aromatic N) is 3. The fourth-order valence-electron chi connectivity index (χ4n) is 1.49. The Hall–Kier alpha value is -1.22. The first-order valence-electron chi connectivity index (χ1n) is 5.27. The maximum Gasteiger partial charge on any atom is 0.239 e. The molecule has 8 heteroatoms. The van der Waals surface area contributed by atoms with Gasteiger partial charge in [-0.2, -0.15) is 0 Å². The molecule has 0 unspecified atom stereocenters. The van der Waals surface area contributed by atoms with E-state index in [1.165, 1.54) is 11.8 Å². The van der Waals surface area contributed by atoms with Gasteiger partial charge in [0, 0.05) is 16.1 Å². The van der Waals surface area contributed by atoms with Gasteiger partial charge in [0.2, 0.25) is 5.95 Å². The predicted octanol–water partition coefficient (Wildman–Crippen LogP) is 3.29. The number of thiophene rings is 1. The van der Waals surface area contributed by atoms with E-state index in [0.29, 0.717) is 5.95 Å². The molecule has 0 aliphatic carbocycles. The Morgan fingerprint density at radius 1 is 1.26 bits per heavy atom. The van der Waals surface area contributed by atoms with Crippen LogP contribution in [0.25, 0.3) is 10.2 Å². The summed E-state index contributed by atoms with van der Waals surface area (Å²) in [6, 6.07) is 5.88. The van der Waals surface area contributed by atoms with Crippen LogP contribution in [-0.4, -0.2) is 15.0 Å². The zero-order chi connectivity index (χ0) is 13.2. The average Bonchev–Trinajstić information content (AvgIpc) is 2.89. The number of hydrazine groups is 1. The third-order valence-corrected chi connectivity index (χ3v) is 4.55. The molecule has 3 aromatic rings. The van der Waals surface area contributed by atoms with Gasteiger partial charge in [0.1, 0.15) is 14.9 Å². The van der Waals surface area contributed by atoms with E-state index >= 15 is 0 Å². The molecule has 0 fully saturated rings. The second-order valence-electron chi connectivity index (χ2n) is 3.55. The number of hydrogen-bond acceptors (Lipinski definition) is 7. The van der Waals surface area contributed by atoms with Gasteiger partial charge < -0.3 is 0 Å². The molecule has 3 rings (SSSR count). The van der Waals surface area contributed by atoms with Crippen molar-refractivity contribution < 1.29 is 0 Å². The first kappa shape index (κ1) is 12.8. The number of hydrogen-bond donors (Lipinski definition) is 2. The lowest BCUT2D eigenvalue weighted by molar-refractivity contribution is 1.06. The second-order valence-corrected chi connectivity index (χ2v) is 6.37. The molecule has 0 bridgehead atoms. The van der Waals surface area contributed by atoms with Crippen LogP contribution in [0.3, 0.4) is 0 Å². The molecule has 0 aliphatic heterocycles. The smallest absolute Gasteiger partial charge is 0.239 e. The quantitative estimate of drug-likeness (QED) is 0.427. The molecule has 0 spiro atoms. The van der Waals surface area contributed by atoms with Crippen LogP contribution in [0.15, 0.2) is 44.3 Å². The summed E-state index contributed by atoms with van der Waals surface area (Å²) < 4.78 is 0.949. The highest BCUT2D eigenvalue weighted by atomic mass is 79.9. The van der Waals surface area contributed by atoms with Crippen molar-refractivity contribution in [2.24, 2.45) is 5.84 Å². The van der Waals surface area contributed by atoms with Gasteiger partial charge in [-0.1, -0.05) is 0 Å². The van der Waals surface area contributed by atoms with Crippen LogP contribution in [0.1, 0.15) is 0 Å². The van der Waals surface area contributed by atoms with Gasteiger partial charge >= 0.3 is 0 Å². The molecular weight excluding hydrogens is 346 g/mol. The standard InChI is InChI=1S/C11H8BrN5S2/c12-6-1-2-8(14-5-6)19-10-7-3-4-18-9(7)15-11(16-10)17-13/h1-5H,13H2,(H,15,16,17). The van der Waals surface area contributed by atoms with E-state index in [-0.39, 0.29) is 0 Å². The van der Waals surface area contributed by atoms with Crippen LogP contribution in [0, 0.1) is 0 Å². The van der Waals surface area contributed by atoms with Crippen molar-refractivity contribution in [1.82, 2.24) is 15.0 Å². The van der Waals surface area contributed by atoms with E-state index in [2.05, 4.69) is 36.3 Å². The van der Waals surface area contributed by atoms with Crippen LogP contribution >= 0.6 is 39.0 Å². The summed E-state index contributed by atoms with van der Waals surface area (Å²) in [4.78, 5) is 13.9. The summed E-state index contributed by atoms with van der Waals surface area (Å²) in [5.41, 5.74) is 2.49. The van der Waals surface area contributed by atoms with Gasteiger partial charge in [0.15, 0.2) is 0 Å². The van der Waals surface area contributed by atoms with Crippen LogP contribution in [0.2, 0.25) is 0 Å². The van der Waals surface area contributed by atoms with Gasteiger partial charge in [-0.25, -0.2) is 20.8 Å². The van der Waals surface area contributed by atoms with Crippen molar-refractivity contribution in [3.05, 3.63) is 34.2 Å². The summed E-state index contributed by atoms with van der Waals surface area (Å²) >= 11 is 6.41. The number of halogens is 1. The van der Waals surface area contributed by atoms with E-state index in [1.54, 1.807) is 17.5 Å². The molecule has 0 aliphatic rings. The van der Waals surface area contributed by atoms with E-state index in [0.717, 1.165) is 24.7 Å². The van der Waals surface area contributed by atoms with Gasteiger partial charge in [0.25, 0.3) is 0 Å². The maximum absolute atomic E-state index is 5.39. The monoisotopic (exact) mass is 353 g/mol. The van der Waals surface area contributed by atoms with Crippen molar-refractivity contribution in [1.29, 1.82) is 0 Å². The highest BCUT2D eigenvalue weighted by molar-refractivity contribution is 9.10. The summed E-state index contributed by atoms with van der Waals surface area (Å²) in [7, 11) is 0.